The number of nitrogens with one attached hydrogen (secondary N) is 1. The molecule has 0 radical (unpaired) electrons. The highest BCUT2D eigenvalue weighted by Crippen LogP contribution is 2.15. The topological polar surface area (TPSA) is 78.9 Å². The summed E-state index contributed by atoms with van der Waals surface area (Å²) in [5.41, 5.74) is 1.62. The van der Waals surface area contributed by atoms with Gasteiger partial charge in [0.05, 0.1) is 11.6 Å². The average Bonchev–Trinajstić information content (AvgIpc) is 2.93. The molecule has 1 N–H and O–H groups in total. The lowest BCUT2D eigenvalue weighted by Crippen LogP contribution is -2.06. The summed E-state index contributed by atoms with van der Waals surface area (Å²) in [6.07, 6.45) is 1.42. The lowest BCUT2D eigenvalue weighted by molar-refractivity contribution is 0.925. The average molecular weight is 285 g/mol. The van der Waals surface area contributed by atoms with E-state index in [-0.39, 0.29) is 0 Å². The zero-order chi connectivity index (χ0) is 13.9. The van der Waals surface area contributed by atoms with Crippen LogP contribution in [-0.4, -0.2) is 19.6 Å². The van der Waals surface area contributed by atoms with Gasteiger partial charge in [-0.1, -0.05) is 23.7 Å². The van der Waals surface area contributed by atoms with Crippen molar-refractivity contribution >= 4 is 23.2 Å². The van der Waals surface area contributed by atoms with Crippen LogP contribution in [-0.2, 0) is 6.54 Å². The van der Waals surface area contributed by atoms with Crippen molar-refractivity contribution in [2.45, 2.75) is 6.54 Å². The monoisotopic (exact) mass is 284 g/mol. The summed E-state index contributed by atoms with van der Waals surface area (Å²) in [7, 11) is 0. The van der Waals surface area contributed by atoms with Crippen molar-refractivity contribution in [1.29, 1.82) is 5.26 Å². The summed E-state index contributed by atoms with van der Waals surface area (Å²) in [6.45, 7) is 0.546. The zero-order valence-electron chi connectivity index (χ0n) is 10.3. The van der Waals surface area contributed by atoms with Crippen LogP contribution in [0.4, 0.5) is 5.82 Å². The van der Waals surface area contributed by atoms with Gasteiger partial charge in [-0.3, -0.25) is 0 Å². The van der Waals surface area contributed by atoms with Gasteiger partial charge in [-0.05, 0) is 17.7 Å². The van der Waals surface area contributed by atoms with Crippen LogP contribution in [0, 0.1) is 11.3 Å². The Morgan fingerprint density at radius 1 is 1.35 bits per heavy atom. The fraction of sp³-hybridized carbons (Fsp3) is 0.0769. The fourth-order valence-electron chi connectivity index (χ4n) is 1.85. The minimum absolute atomic E-state index is 0.346. The Morgan fingerprint density at radius 3 is 3.10 bits per heavy atom. The summed E-state index contributed by atoms with van der Waals surface area (Å²) < 4.78 is 1.57. The van der Waals surface area contributed by atoms with Crippen LogP contribution >= 0.6 is 11.6 Å². The molecule has 3 aromatic rings. The first kappa shape index (κ1) is 12.4. The third-order valence-corrected chi connectivity index (χ3v) is 2.94. The summed E-state index contributed by atoms with van der Waals surface area (Å²) in [6, 6.07) is 11.2. The number of halogens is 1. The first-order valence-electron chi connectivity index (χ1n) is 5.85. The van der Waals surface area contributed by atoms with E-state index in [9.17, 15) is 0 Å². The van der Waals surface area contributed by atoms with Gasteiger partial charge in [0.15, 0.2) is 0 Å². The molecule has 7 heteroatoms. The van der Waals surface area contributed by atoms with Crippen molar-refractivity contribution in [2.24, 2.45) is 0 Å². The highest BCUT2D eigenvalue weighted by atomic mass is 35.5. The zero-order valence-corrected chi connectivity index (χ0v) is 11.0. The van der Waals surface area contributed by atoms with Crippen LogP contribution in [0.5, 0.6) is 0 Å². The second-order valence-corrected chi connectivity index (χ2v) is 4.49. The molecule has 0 amide bonds. The molecule has 0 atom stereocenters. The largest absolute Gasteiger partial charge is 0.366 e. The number of fused-ring (bicyclic) bond motifs is 1. The normalized spacial score (nSPS) is 10.4. The highest BCUT2D eigenvalue weighted by molar-refractivity contribution is 6.29. The van der Waals surface area contributed by atoms with Crippen molar-refractivity contribution in [1.82, 2.24) is 19.6 Å². The molecule has 0 spiro atoms. The van der Waals surface area contributed by atoms with Crippen molar-refractivity contribution < 1.29 is 0 Å². The maximum absolute atomic E-state index is 8.88. The van der Waals surface area contributed by atoms with E-state index in [1.54, 1.807) is 16.6 Å². The lowest BCUT2D eigenvalue weighted by Gasteiger charge is -2.08. The summed E-state index contributed by atoms with van der Waals surface area (Å²) in [5, 5.41) is 16.5. The number of hydrogen-bond donors (Lipinski definition) is 1. The molecule has 3 rings (SSSR count). The van der Waals surface area contributed by atoms with E-state index in [2.05, 4.69) is 26.5 Å². The molecule has 0 aliphatic heterocycles. The molecule has 0 bridgehead atoms. The van der Waals surface area contributed by atoms with Gasteiger partial charge in [0.25, 0.3) is 5.78 Å². The van der Waals surface area contributed by atoms with E-state index >= 15 is 0 Å². The molecule has 1 aromatic carbocycles. The third kappa shape index (κ3) is 2.39. The number of benzene rings is 1. The Kier molecular flexibility index (Phi) is 3.19. The van der Waals surface area contributed by atoms with Crippen LogP contribution in [0.2, 0.25) is 5.15 Å². The van der Waals surface area contributed by atoms with E-state index in [1.807, 2.05) is 18.2 Å². The molecular weight excluding hydrogens is 276 g/mol. The van der Waals surface area contributed by atoms with Gasteiger partial charge in [-0.2, -0.15) is 24.8 Å². The minimum atomic E-state index is 0.346. The number of hydrogen-bond acceptors (Lipinski definition) is 5. The maximum Gasteiger partial charge on any atom is 0.255 e. The van der Waals surface area contributed by atoms with E-state index < -0.39 is 0 Å². The number of nitrogens with zero attached hydrogens (tertiary/aromatic N) is 5. The molecule has 2 heterocycles. The number of anilines is 1. The Hall–Kier alpha value is -2.65. The second-order valence-electron chi connectivity index (χ2n) is 4.10. The summed E-state index contributed by atoms with van der Waals surface area (Å²) in [4.78, 5) is 8.05. The van der Waals surface area contributed by atoms with Crippen LogP contribution in [0.1, 0.15) is 11.1 Å². The SMILES string of the molecule is N#Cc1cccc(CNc2cc(Cl)nc3ncnn23)c1. The molecule has 0 aliphatic rings. The minimum Gasteiger partial charge on any atom is -0.366 e. The van der Waals surface area contributed by atoms with E-state index in [0.29, 0.717) is 28.9 Å². The Balaban J connectivity index is 1.86. The molecule has 6 nitrogen and oxygen atoms in total. The van der Waals surface area contributed by atoms with Crippen LogP contribution in [0.3, 0.4) is 0 Å². The van der Waals surface area contributed by atoms with Gasteiger partial charge < -0.3 is 5.32 Å². The van der Waals surface area contributed by atoms with Crippen molar-refractivity contribution in [3.8, 4) is 6.07 Å². The summed E-state index contributed by atoms with van der Waals surface area (Å²) >= 11 is 5.93. The van der Waals surface area contributed by atoms with Gasteiger partial charge in [-0.15, -0.1) is 0 Å². The molecule has 0 unspecified atom stereocenters. The Bertz CT molecular complexity index is 804. The first-order valence-corrected chi connectivity index (χ1v) is 6.23. The third-order valence-electron chi connectivity index (χ3n) is 2.75. The number of aromatic nitrogens is 4. The molecule has 20 heavy (non-hydrogen) atoms. The van der Waals surface area contributed by atoms with Crippen LogP contribution < -0.4 is 5.32 Å². The Morgan fingerprint density at radius 2 is 2.25 bits per heavy atom. The molecule has 98 valence electrons. The Labute approximate surface area is 119 Å². The van der Waals surface area contributed by atoms with Crippen LogP contribution in [0.15, 0.2) is 36.7 Å². The van der Waals surface area contributed by atoms with E-state index in [1.165, 1.54) is 6.33 Å². The smallest absolute Gasteiger partial charge is 0.255 e. The molecule has 0 saturated carbocycles. The van der Waals surface area contributed by atoms with E-state index in [4.69, 9.17) is 16.9 Å². The van der Waals surface area contributed by atoms with Crippen molar-refractivity contribution in [3.63, 3.8) is 0 Å². The predicted octanol–water partition coefficient (Wildman–Crippen LogP) is 2.26. The molecule has 2 aromatic heterocycles. The summed E-state index contributed by atoms with van der Waals surface area (Å²) in [5.74, 6) is 1.13. The van der Waals surface area contributed by atoms with Gasteiger partial charge in [-0.25, -0.2) is 0 Å². The van der Waals surface area contributed by atoms with Gasteiger partial charge in [0, 0.05) is 12.6 Å². The van der Waals surface area contributed by atoms with Crippen molar-refractivity contribution in [3.05, 3.63) is 52.9 Å². The van der Waals surface area contributed by atoms with Crippen LogP contribution in [0.25, 0.3) is 5.78 Å². The predicted molar refractivity (Wildman–Crippen MR) is 74.3 cm³/mol. The highest BCUT2D eigenvalue weighted by Gasteiger charge is 2.06. The number of nitriles is 1. The number of rotatable bonds is 3. The molecule has 0 fully saturated rings. The maximum atomic E-state index is 8.88. The van der Waals surface area contributed by atoms with E-state index in [0.717, 1.165) is 5.56 Å². The second kappa shape index (κ2) is 5.15. The van der Waals surface area contributed by atoms with Crippen molar-refractivity contribution in [2.75, 3.05) is 5.32 Å². The first-order chi connectivity index (χ1) is 9.76. The molecule has 0 saturated heterocycles. The lowest BCUT2D eigenvalue weighted by atomic mass is 10.1. The van der Waals surface area contributed by atoms with Gasteiger partial charge >= 0.3 is 0 Å². The van der Waals surface area contributed by atoms with Gasteiger partial charge in [0.2, 0.25) is 0 Å². The molecular formula is C13H9ClN6. The molecule has 0 aliphatic carbocycles. The fourth-order valence-corrected chi connectivity index (χ4v) is 2.03. The standard InChI is InChI=1S/C13H9ClN6/c14-11-5-12(20-13(19-11)17-8-18-20)16-7-10-3-1-2-9(4-10)6-15/h1-5,8,16H,7H2. The quantitative estimate of drug-likeness (QED) is 0.746. The van der Waals surface area contributed by atoms with Gasteiger partial charge in [0.1, 0.15) is 17.3 Å².